The van der Waals surface area contributed by atoms with Crippen LogP contribution in [0.4, 0.5) is 5.82 Å². The van der Waals surface area contributed by atoms with Gasteiger partial charge in [0.2, 0.25) is 0 Å². The first-order valence-corrected chi connectivity index (χ1v) is 7.97. The molecule has 2 rings (SSSR count). The lowest BCUT2D eigenvalue weighted by molar-refractivity contribution is -0.0987. The Hall–Kier alpha value is -1.13. The van der Waals surface area contributed by atoms with E-state index in [-0.39, 0.29) is 11.6 Å². The molecule has 0 amide bonds. The van der Waals surface area contributed by atoms with Gasteiger partial charge in [-0.2, -0.15) is 0 Å². The second-order valence-electron chi connectivity index (χ2n) is 7.02. The maximum Gasteiger partial charge on any atom is 0.126 e. The third kappa shape index (κ3) is 3.74. The predicted molar refractivity (Wildman–Crippen MR) is 86.9 cm³/mol. The number of pyridine rings is 1. The number of aromatic nitrogens is 1. The van der Waals surface area contributed by atoms with Gasteiger partial charge in [0.1, 0.15) is 5.82 Å². The minimum Gasteiger partial charge on any atom is -0.383 e. The third-order valence-electron chi connectivity index (χ3n) is 4.92. The maximum absolute atomic E-state index is 6.55. The molecule has 1 heterocycles. The Morgan fingerprint density at radius 3 is 2.52 bits per heavy atom. The molecule has 1 aliphatic carbocycles. The lowest BCUT2D eigenvalue weighted by Gasteiger charge is -2.46. The Morgan fingerprint density at radius 1 is 1.29 bits per heavy atom. The van der Waals surface area contributed by atoms with E-state index in [0.29, 0.717) is 17.8 Å². The molecule has 1 fully saturated rings. The molecule has 0 aliphatic heterocycles. The van der Waals surface area contributed by atoms with Crippen molar-refractivity contribution in [1.29, 1.82) is 0 Å². The zero-order chi connectivity index (χ0) is 15.5. The van der Waals surface area contributed by atoms with E-state index in [4.69, 9.17) is 16.2 Å². The van der Waals surface area contributed by atoms with Gasteiger partial charge >= 0.3 is 0 Å². The summed E-state index contributed by atoms with van der Waals surface area (Å²) in [4.78, 5) is 4.15. The summed E-state index contributed by atoms with van der Waals surface area (Å²) in [5, 5.41) is 0. The predicted octanol–water partition coefficient (Wildman–Crippen LogP) is 2.91. The van der Waals surface area contributed by atoms with Crippen LogP contribution in [0.3, 0.4) is 0 Å². The lowest BCUT2D eigenvalue weighted by Crippen LogP contribution is -2.54. The number of nitrogens with two attached hydrogens (primary N) is 2. The Labute approximate surface area is 128 Å². The average molecular weight is 291 g/mol. The molecule has 1 aromatic heterocycles. The Kier molecular flexibility index (Phi) is 4.89. The molecule has 4 heteroatoms. The molecule has 0 aromatic carbocycles. The van der Waals surface area contributed by atoms with Gasteiger partial charge in [-0.1, -0.05) is 19.9 Å². The van der Waals surface area contributed by atoms with Gasteiger partial charge in [-0.05, 0) is 56.1 Å². The molecule has 1 saturated carbocycles. The largest absolute Gasteiger partial charge is 0.383 e. The van der Waals surface area contributed by atoms with Crippen molar-refractivity contribution in [1.82, 2.24) is 4.98 Å². The van der Waals surface area contributed by atoms with Crippen molar-refractivity contribution >= 4 is 5.82 Å². The van der Waals surface area contributed by atoms with E-state index in [1.165, 1.54) is 0 Å². The van der Waals surface area contributed by atoms with E-state index < -0.39 is 0 Å². The summed E-state index contributed by atoms with van der Waals surface area (Å²) in [6, 6.07) is 3.88. The van der Waals surface area contributed by atoms with Crippen LogP contribution in [0.15, 0.2) is 18.3 Å². The summed E-state index contributed by atoms with van der Waals surface area (Å²) in [5.41, 5.74) is 13.7. The van der Waals surface area contributed by atoms with Crippen LogP contribution in [0.25, 0.3) is 0 Å². The molecule has 0 saturated heterocycles. The average Bonchev–Trinajstić information content (AvgIpc) is 2.44. The molecule has 4 nitrogen and oxygen atoms in total. The lowest BCUT2D eigenvalue weighted by atomic mass is 9.68. The third-order valence-corrected chi connectivity index (χ3v) is 4.92. The van der Waals surface area contributed by atoms with Gasteiger partial charge in [0.05, 0.1) is 5.60 Å². The molecule has 1 unspecified atom stereocenters. The molecule has 118 valence electrons. The number of hydrogen-bond acceptors (Lipinski definition) is 4. The molecule has 1 aliphatic rings. The van der Waals surface area contributed by atoms with Crippen LogP contribution in [0.1, 0.15) is 52.0 Å². The van der Waals surface area contributed by atoms with Crippen LogP contribution in [-0.2, 0) is 11.2 Å². The van der Waals surface area contributed by atoms with Crippen LogP contribution in [0.5, 0.6) is 0 Å². The quantitative estimate of drug-likeness (QED) is 0.874. The fourth-order valence-corrected chi connectivity index (χ4v) is 3.31. The van der Waals surface area contributed by atoms with E-state index in [9.17, 15) is 0 Å². The van der Waals surface area contributed by atoms with Gasteiger partial charge in [-0.15, -0.1) is 0 Å². The zero-order valence-electron chi connectivity index (χ0n) is 13.6. The number of nitrogen functional groups attached to an aromatic ring is 1. The number of hydrogen-bond donors (Lipinski definition) is 2. The van der Waals surface area contributed by atoms with Gasteiger partial charge in [-0.3, -0.25) is 0 Å². The van der Waals surface area contributed by atoms with Gasteiger partial charge in [0.15, 0.2) is 0 Å². The molecule has 1 aromatic rings. The van der Waals surface area contributed by atoms with Gasteiger partial charge in [0.25, 0.3) is 0 Å². The van der Waals surface area contributed by atoms with Crippen molar-refractivity contribution in [2.24, 2.45) is 11.1 Å². The number of anilines is 1. The van der Waals surface area contributed by atoms with Crippen LogP contribution in [0.2, 0.25) is 0 Å². The van der Waals surface area contributed by atoms with Crippen LogP contribution in [0, 0.1) is 5.41 Å². The standard InChI is InChI=1S/C17H29N3O/c1-4-21-17(9-7-16(2,3)8-10-17)14(18)12-13-6-5-11-20-15(13)19/h5-6,11,14H,4,7-10,12,18H2,1-3H3,(H2,19,20). The van der Waals surface area contributed by atoms with E-state index in [2.05, 4.69) is 18.8 Å². The Balaban J connectivity index is 2.13. The highest BCUT2D eigenvalue weighted by molar-refractivity contribution is 5.39. The topological polar surface area (TPSA) is 74.2 Å². The fourth-order valence-electron chi connectivity index (χ4n) is 3.31. The monoisotopic (exact) mass is 291 g/mol. The fraction of sp³-hybridized carbons (Fsp3) is 0.706. The summed E-state index contributed by atoms with van der Waals surface area (Å²) in [6.45, 7) is 7.41. The van der Waals surface area contributed by atoms with Crippen molar-refractivity contribution in [2.45, 2.75) is 64.5 Å². The van der Waals surface area contributed by atoms with Gasteiger partial charge < -0.3 is 16.2 Å². The van der Waals surface area contributed by atoms with Crippen molar-refractivity contribution in [3.8, 4) is 0 Å². The molecule has 0 bridgehead atoms. The highest BCUT2D eigenvalue weighted by Crippen LogP contribution is 2.43. The second-order valence-corrected chi connectivity index (χ2v) is 7.02. The molecule has 1 atom stereocenters. The first kappa shape index (κ1) is 16.2. The number of rotatable bonds is 5. The van der Waals surface area contributed by atoms with Crippen molar-refractivity contribution in [2.75, 3.05) is 12.3 Å². The molecular weight excluding hydrogens is 262 g/mol. The summed E-state index contributed by atoms with van der Waals surface area (Å²) < 4.78 is 6.15. The van der Waals surface area contributed by atoms with Crippen molar-refractivity contribution in [3.05, 3.63) is 23.9 Å². The smallest absolute Gasteiger partial charge is 0.126 e. The molecular formula is C17H29N3O. The summed E-state index contributed by atoms with van der Waals surface area (Å²) in [7, 11) is 0. The number of ether oxygens (including phenoxy) is 1. The summed E-state index contributed by atoms with van der Waals surface area (Å²) in [6.07, 6.45) is 6.79. The molecule has 4 N–H and O–H groups in total. The summed E-state index contributed by atoms with van der Waals surface area (Å²) in [5.74, 6) is 0.579. The maximum atomic E-state index is 6.55. The first-order chi connectivity index (χ1) is 9.88. The van der Waals surface area contributed by atoms with E-state index >= 15 is 0 Å². The second kappa shape index (κ2) is 6.32. The molecule has 0 spiro atoms. The number of nitrogens with zero attached hydrogens (tertiary/aromatic N) is 1. The van der Waals surface area contributed by atoms with Gasteiger partial charge in [0, 0.05) is 18.8 Å². The highest BCUT2D eigenvalue weighted by atomic mass is 16.5. The normalized spacial score (nSPS) is 21.9. The summed E-state index contributed by atoms with van der Waals surface area (Å²) >= 11 is 0. The van der Waals surface area contributed by atoms with Crippen molar-refractivity contribution in [3.63, 3.8) is 0 Å². The zero-order valence-corrected chi connectivity index (χ0v) is 13.6. The van der Waals surface area contributed by atoms with Crippen LogP contribution >= 0.6 is 0 Å². The minimum absolute atomic E-state index is 0.0416. The Morgan fingerprint density at radius 2 is 1.95 bits per heavy atom. The van der Waals surface area contributed by atoms with Gasteiger partial charge in [-0.25, -0.2) is 4.98 Å². The van der Waals surface area contributed by atoms with Crippen LogP contribution in [-0.4, -0.2) is 23.2 Å². The SMILES string of the molecule is CCOC1(C(N)Cc2cccnc2N)CCC(C)(C)CC1. The van der Waals surface area contributed by atoms with E-state index in [0.717, 1.165) is 37.7 Å². The van der Waals surface area contributed by atoms with Crippen molar-refractivity contribution < 1.29 is 4.74 Å². The highest BCUT2D eigenvalue weighted by Gasteiger charge is 2.43. The minimum atomic E-state index is -0.216. The molecule has 21 heavy (non-hydrogen) atoms. The Bertz CT molecular complexity index is 463. The van der Waals surface area contributed by atoms with E-state index in [1.54, 1.807) is 6.20 Å². The van der Waals surface area contributed by atoms with E-state index in [1.807, 2.05) is 19.1 Å². The molecule has 0 radical (unpaired) electrons. The first-order valence-electron chi connectivity index (χ1n) is 7.97. The van der Waals surface area contributed by atoms with Crippen LogP contribution < -0.4 is 11.5 Å².